The molecule has 2 heterocycles. The SMILES string of the molecule is CC(c1ccccc1)N1CCN(C(=O)CSc2nnc(Nc3ccc(F)cc3)s2)CC1. The fourth-order valence-corrected chi connectivity index (χ4v) is 5.17. The number of rotatable bonds is 7. The van der Waals surface area contributed by atoms with Crippen LogP contribution in [0.3, 0.4) is 0 Å². The van der Waals surface area contributed by atoms with Gasteiger partial charge in [0.1, 0.15) is 5.82 Å². The molecule has 1 aliphatic rings. The molecule has 162 valence electrons. The second kappa shape index (κ2) is 10.2. The van der Waals surface area contributed by atoms with Crippen molar-refractivity contribution < 1.29 is 9.18 Å². The number of aromatic nitrogens is 2. The monoisotopic (exact) mass is 457 g/mol. The van der Waals surface area contributed by atoms with Crippen molar-refractivity contribution in [2.24, 2.45) is 0 Å². The third kappa shape index (κ3) is 5.81. The zero-order chi connectivity index (χ0) is 21.6. The summed E-state index contributed by atoms with van der Waals surface area (Å²) in [5.74, 6) is 0.188. The largest absolute Gasteiger partial charge is 0.339 e. The molecular formula is C22H24FN5OS2. The molecule has 1 amide bonds. The van der Waals surface area contributed by atoms with Crippen molar-refractivity contribution in [3.63, 3.8) is 0 Å². The molecule has 31 heavy (non-hydrogen) atoms. The number of anilines is 2. The van der Waals surface area contributed by atoms with E-state index in [4.69, 9.17) is 0 Å². The maximum absolute atomic E-state index is 13.0. The van der Waals surface area contributed by atoms with Gasteiger partial charge in [0.2, 0.25) is 11.0 Å². The smallest absolute Gasteiger partial charge is 0.233 e. The molecule has 0 saturated carbocycles. The van der Waals surface area contributed by atoms with Crippen molar-refractivity contribution in [2.75, 3.05) is 37.2 Å². The number of carbonyl (C=O) groups is 1. The second-order valence-corrected chi connectivity index (χ2v) is 9.50. The zero-order valence-electron chi connectivity index (χ0n) is 17.2. The molecular weight excluding hydrogens is 433 g/mol. The predicted molar refractivity (Wildman–Crippen MR) is 123 cm³/mol. The van der Waals surface area contributed by atoms with Crippen molar-refractivity contribution in [3.8, 4) is 0 Å². The first kappa shape index (κ1) is 21.7. The van der Waals surface area contributed by atoms with Gasteiger partial charge >= 0.3 is 0 Å². The summed E-state index contributed by atoms with van der Waals surface area (Å²) in [6.45, 7) is 5.44. The molecule has 1 unspecified atom stereocenters. The van der Waals surface area contributed by atoms with Crippen LogP contribution < -0.4 is 5.32 Å². The molecule has 3 aromatic rings. The van der Waals surface area contributed by atoms with Gasteiger partial charge in [-0.1, -0.05) is 53.4 Å². The van der Waals surface area contributed by atoms with Crippen LogP contribution in [0.25, 0.3) is 0 Å². The Bertz CT molecular complexity index is 991. The number of benzene rings is 2. The van der Waals surface area contributed by atoms with E-state index in [0.717, 1.165) is 36.2 Å². The second-order valence-electron chi connectivity index (χ2n) is 7.30. The Morgan fingerprint density at radius 2 is 1.81 bits per heavy atom. The molecule has 1 aromatic heterocycles. The first-order valence-corrected chi connectivity index (χ1v) is 11.9. The van der Waals surface area contributed by atoms with Gasteiger partial charge < -0.3 is 10.2 Å². The molecule has 1 atom stereocenters. The summed E-state index contributed by atoms with van der Waals surface area (Å²) in [5, 5.41) is 11.9. The van der Waals surface area contributed by atoms with Crippen LogP contribution in [0.1, 0.15) is 18.5 Å². The lowest BCUT2D eigenvalue weighted by molar-refractivity contribution is -0.130. The molecule has 0 aliphatic carbocycles. The average Bonchev–Trinajstić information content (AvgIpc) is 3.26. The summed E-state index contributed by atoms with van der Waals surface area (Å²) in [6, 6.07) is 16.9. The van der Waals surface area contributed by atoms with Crippen LogP contribution >= 0.6 is 23.1 Å². The zero-order valence-corrected chi connectivity index (χ0v) is 18.8. The molecule has 1 N–H and O–H groups in total. The summed E-state index contributed by atoms with van der Waals surface area (Å²) in [6.07, 6.45) is 0. The normalized spacial score (nSPS) is 15.6. The topological polar surface area (TPSA) is 61.4 Å². The van der Waals surface area contributed by atoms with E-state index in [-0.39, 0.29) is 11.7 Å². The molecule has 1 aliphatic heterocycles. The first-order chi connectivity index (χ1) is 15.1. The maximum atomic E-state index is 13.0. The minimum atomic E-state index is -0.284. The predicted octanol–water partition coefficient (Wildman–Crippen LogP) is 4.42. The lowest BCUT2D eigenvalue weighted by atomic mass is 10.1. The molecule has 1 fully saturated rings. The number of hydrogen-bond donors (Lipinski definition) is 1. The van der Waals surface area contributed by atoms with Crippen LogP contribution in [0.2, 0.25) is 0 Å². The van der Waals surface area contributed by atoms with Gasteiger partial charge in [0.15, 0.2) is 4.34 Å². The van der Waals surface area contributed by atoms with Gasteiger partial charge in [-0.25, -0.2) is 4.39 Å². The molecule has 4 rings (SSSR count). The van der Waals surface area contributed by atoms with E-state index in [9.17, 15) is 9.18 Å². The van der Waals surface area contributed by atoms with Crippen LogP contribution in [0, 0.1) is 5.82 Å². The summed E-state index contributed by atoms with van der Waals surface area (Å²) in [4.78, 5) is 17.0. The van der Waals surface area contributed by atoms with Crippen molar-refractivity contribution in [2.45, 2.75) is 17.3 Å². The number of halogens is 1. The van der Waals surface area contributed by atoms with Crippen LogP contribution in [0.15, 0.2) is 58.9 Å². The van der Waals surface area contributed by atoms with Gasteiger partial charge in [-0.3, -0.25) is 9.69 Å². The van der Waals surface area contributed by atoms with Crippen LogP contribution in [0.4, 0.5) is 15.2 Å². The van der Waals surface area contributed by atoms with Gasteiger partial charge in [-0.05, 0) is 36.8 Å². The van der Waals surface area contributed by atoms with Crippen molar-refractivity contribution in [1.29, 1.82) is 0 Å². The number of amides is 1. The molecule has 0 bridgehead atoms. The van der Waals surface area contributed by atoms with Crippen LogP contribution in [-0.2, 0) is 4.79 Å². The highest BCUT2D eigenvalue weighted by atomic mass is 32.2. The highest BCUT2D eigenvalue weighted by molar-refractivity contribution is 8.01. The number of carbonyl (C=O) groups excluding carboxylic acids is 1. The minimum Gasteiger partial charge on any atom is -0.339 e. The molecule has 0 spiro atoms. The van der Waals surface area contributed by atoms with Crippen LogP contribution in [-0.4, -0.2) is 57.8 Å². The Morgan fingerprint density at radius 3 is 2.52 bits per heavy atom. The Balaban J connectivity index is 1.23. The summed E-state index contributed by atoms with van der Waals surface area (Å²) in [5.41, 5.74) is 2.05. The maximum Gasteiger partial charge on any atom is 0.233 e. The molecule has 6 nitrogen and oxygen atoms in total. The summed E-state index contributed by atoms with van der Waals surface area (Å²) < 4.78 is 13.7. The first-order valence-electron chi connectivity index (χ1n) is 10.1. The van der Waals surface area contributed by atoms with E-state index in [1.165, 1.54) is 40.8 Å². The fraction of sp³-hybridized carbons (Fsp3) is 0.318. The van der Waals surface area contributed by atoms with Crippen molar-refractivity contribution >= 4 is 39.8 Å². The van der Waals surface area contributed by atoms with E-state index in [0.29, 0.717) is 16.9 Å². The highest BCUT2D eigenvalue weighted by Gasteiger charge is 2.24. The Hall–Kier alpha value is -2.49. The van der Waals surface area contributed by atoms with Gasteiger partial charge in [0.05, 0.1) is 5.75 Å². The molecule has 2 aromatic carbocycles. The third-order valence-corrected chi connectivity index (χ3v) is 7.27. The number of thioether (sulfide) groups is 1. The van der Waals surface area contributed by atoms with Gasteiger partial charge in [-0.15, -0.1) is 10.2 Å². The standard InChI is InChI=1S/C22H24FN5OS2/c1-16(17-5-3-2-4-6-17)27-11-13-28(14-12-27)20(29)15-30-22-26-25-21(31-22)24-19-9-7-18(23)8-10-19/h2-10,16H,11-15H2,1H3,(H,24,25). The van der Waals surface area contributed by atoms with Gasteiger partial charge in [0, 0.05) is 37.9 Å². The van der Waals surface area contributed by atoms with E-state index in [1.54, 1.807) is 12.1 Å². The fourth-order valence-electron chi connectivity index (χ4n) is 3.49. The molecule has 0 radical (unpaired) electrons. The van der Waals surface area contributed by atoms with E-state index < -0.39 is 0 Å². The number of piperazine rings is 1. The van der Waals surface area contributed by atoms with E-state index >= 15 is 0 Å². The van der Waals surface area contributed by atoms with Crippen LogP contribution in [0.5, 0.6) is 0 Å². The summed E-state index contributed by atoms with van der Waals surface area (Å²) >= 11 is 2.78. The highest BCUT2D eigenvalue weighted by Crippen LogP contribution is 2.28. The Morgan fingerprint density at radius 1 is 1.10 bits per heavy atom. The van der Waals surface area contributed by atoms with E-state index in [2.05, 4.69) is 51.6 Å². The van der Waals surface area contributed by atoms with Gasteiger partial charge in [-0.2, -0.15) is 0 Å². The Labute approximate surface area is 189 Å². The lowest BCUT2D eigenvalue weighted by Gasteiger charge is -2.38. The molecule has 1 saturated heterocycles. The lowest BCUT2D eigenvalue weighted by Crippen LogP contribution is -2.49. The third-order valence-electron chi connectivity index (χ3n) is 5.32. The molecule has 9 heteroatoms. The van der Waals surface area contributed by atoms with Gasteiger partial charge in [0.25, 0.3) is 0 Å². The summed E-state index contributed by atoms with van der Waals surface area (Å²) in [7, 11) is 0. The quantitative estimate of drug-likeness (QED) is 0.530. The number of nitrogens with zero attached hydrogens (tertiary/aromatic N) is 4. The number of nitrogens with one attached hydrogen (secondary N) is 1. The average molecular weight is 458 g/mol. The van der Waals surface area contributed by atoms with Crippen molar-refractivity contribution in [3.05, 3.63) is 66.0 Å². The Kier molecular flexibility index (Phi) is 7.16. The number of hydrogen-bond acceptors (Lipinski definition) is 7. The van der Waals surface area contributed by atoms with Crippen molar-refractivity contribution in [1.82, 2.24) is 20.0 Å². The minimum absolute atomic E-state index is 0.125. The van der Waals surface area contributed by atoms with E-state index in [1.807, 2.05) is 11.0 Å².